The predicted octanol–water partition coefficient (Wildman–Crippen LogP) is 1.78. The minimum Gasteiger partial charge on any atom is -0.396 e. The van der Waals surface area contributed by atoms with E-state index in [2.05, 4.69) is 19.2 Å². The van der Waals surface area contributed by atoms with Gasteiger partial charge in [0.2, 0.25) is 0 Å². The first-order chi connectivity index (χ1) is 6.70. The Balaban J connectivity index is 1.75. The largest absolute Gasteiger partial charge is 0.396 e. The molecule has 82 valence electrons. The van der Waals surface area contributed by atoms with Crippen molar-refractivity contribution in [2.24, 2.45) is 17.8 Å². The van der Waals surface area contributed by atoms with E-state index in [1.54, 1.807) is 0 Å². The van der Waals surface area contributed by atoms with Crippen molar-refractivity contribution in [2.75, 3.05) is 6.61 Å². The van der Waals surface area contributed by atoms with Gasteiger partial charge < -0.3 is 10.4 Å². The molecule has 2 fully saturated rings. The van der Waals surface area contributed by atoms with Crippen LogP contribution >= 0.6 is 0 Å². The molecule has 2 saturated carbocycles. The normalized spacial score (nSPS) is 47.8. The Kier molecular flexibility index (Phi) is 3.13. The zero-order chi connectivity index (χ0) is 10.1. The Hall–Kier alpha value is -0.0800. The lowest BCUT2D eigenvalue weighted by atomic mass is 9.80. The molecule has 0 radical (unpaired) electrons. The van der Waals surface area contributed by atoms with Gasteiger partial charge in [0.15, 0.2) is 0 Å². The Morgan fingerprint density at radius 1 is 1.14 bits per heavy atom. The summed E-state index contributed by atoms with van der Waals surface area (Å²) in [5.74, 6) is 2.29. The molecule has 0 heterocycles. The average molecular weight is 197 g/mol. The van der Waals surface area contributed by atoms with E-state index in [0.717, 1.165) is 11.8 Å². The third-order valence-corrected chi connectivity index (χ3v) is 4.02. The van der Waals surface area contributed by atoms with Crippen LogP contribution in [-0.2, 0) is 0 Å². The van der Waals surface area contributed by atoms with Gasteiger partial charge in [-0.1, -0.05) is 13.8 Å². The van der Waals surface area contributed by atoms with Gasteiger partial charge in [-0.25, -0.2) is 0 Å². The lowest BCUT2D eigenvalue weighted by Crippen LogP contribution is -2.40. The molecule has 14 heavy (non-hydrogen) atoms. The minimum atomic E-state index is 0.370. The standard InChI is InChI=1S/C12H23NO/c1-8-3-4-11(9(2)5-8)13-12-6-10(12)7-14/h8-14H,3-7H2,1-2H3/t8?,9?,10-,11?,12+/m0/s1. The quantitative estimate of drug-likeness (QED) is 0.723. The molecule has 3 unspecified atom stereocenters. The highest BCUT2D eigenvalue weighted by molar-refractivity contribution is 4.96. The van der Waals surface area contributed by atoms with Crippen molar-refractivity contribution in [3.63, 3.8) is 0 Å². The molecule has 2 nitrogen and oxygen atoms in total. The van der Waals surface area contributed by atoms with Gasteiger partial charge in [0.1, 0.15) is 0 Å². The maximum absolute atomic E-state index is 8.97. The van der Waals surface area contributed by atoms with Crippen LogP contribution in [0.1, 0.15) is 39.5 Å². The number of hydrogen-bond acceptors (Lipinski definition) is 2. The van der Waals surface area contributed by atoms with Crippen LogP contribution in [0.15, 0.2) is 0 Å². The van der Waals surface area contributed by atoms with Gasteiger partial charge in [-0.15, -0.1) is 0 Å². The molecule has 2 rings (SSSR count). The lowest BCUT2D eigenvalue weighted by molar-refractivity contribution is 0.217. The molecule has 2 heteroatoms. The molecule has 0 aliphatic heterocycles. The number of hydrogen-bond donors (Lipinski definition) is 2. The Labute approximate surface area is 87.1 Å². The smallest absolute Gasteiger partial charge is 0.0474 e. The fraction of sp³-hybridized carbons (Fsp3) is 1.00. The molecule has 0 bridgehead atoms. The number of aliphatic hydroxyl groups excluding tert-OH is 1. The molecule has 2 N–H and O–H groups in total. The third-order valence-electron chi connectivity index (χ3n) is 4.02. The molecule has 0 aromatic rings. The molecule has 0 spiro atoms. The van der Waals surface area contributed by atoms with E-state index in [1.807, 2.05) is 0 Å². The molecule has 0 aromatic carbocycles. The highest BCUT2D eigenvalue weighted by atomic mass is 16.3. The van der Waals surface area contributed by atoms with Gasteiger partial charge in [-0.05, 0) is 43.4 Å². The van der Waals surface area contributed by atoms with Gasteiger partial charge in [0.25, 0.3) is 0 Å². The van der Waals surface area contributed by atoms with Gasteiger partial charge in [0.05, 0.1) is 0 Å². The number of rotatable bonds is 3. The Bertz CT molecular complexity index is 195. The van der Waals surface area contributed by atoms with E-state index < -0.39 is 0 Å². The van der Waals surface area contributed by atoms with E-state index in [4.69, 9.17) is 5.11 Å². The third kappa shape index (κ3) is 2.29. The van der Waals surface area contributed by atoms with Crippen molar-refractivity contribution in [1.29, 1.82) is 0 Å². The molecule has 2 aliphatic rings. The van der Waals surface area contributed by atoms with Crippen LogP contribution in [0, 0.1) is 17.8 Å². The average Bonchev–Trinajstić information content (AvgIpc) is 2.89. The first kappa shape index (κ1) is 10.4. The van der Waals surface area contributed by atoms with Crippen LogP contribution in [0.4, 0.5) is 0 Å². The van der Waals surface area contributed by atoms with Crippen LogP contribution < -0.4 is 5.32 Å². The maximum atomic E-state index is 8.97. The second-order valence-electron chi connectivity index (χ2n) is 5.45. The van der Waals surface area contributed by atoms with E-state index in [0.29, 0.717) is 24.6 Å². The summed E-state index contributed by atoms with van der Waals surface area (Å²) in [5.41, 5.74) is 0. The van der Waals surface area contributed by atoms with Crippen molar-refractivity contribution in [3.05, 3.63) is 0 Å². The van der Waals surface area contributed by atoms with Gasteiger partial charge in [0, 0.05) is 18.7 Å². The SMILES string of the molecule is CC1CCC(N[C@@H]2C[C@H]2CO)C(C)C1. The van der Waals surface area contributed by atoms with E-state index in [9.17, 15) is 0 Å². The zero-order valence-electron chi connectivity index (χ0n) is 9.37. The van der Waals surface area contributed by atoms with Crippen LogP contribution in [-0.4, -0.2) is 23.8 Å². The van der Waals surface area contributed by atoms with Gasteiger partial charge >= 0.3 is 0 Å². The zero-order valence-corrected chi connectivity index (χ0v) is 9.37. The summed E-state index contributed by atoms with van der Waals surface area (Å²) >= 11 is 0. The minimum absolute atomic E-state index is 0.370. The Morgan fingerprint density at radius 3 is 2.50 bits per heavy atom. The molecule has 0 aromatic heterocycles. The van der Waals surface area contributed by atoms with Crippen molar-refractivity contribution in [1.82, 2.24) is 5.32 Å². The molecule has 0 saturated heterocycles. The van der Waals surface area contributed by atoms with E-state index in [-0.39, 0.29) is 0 Å². The van der Waals surface area contributed by atoms with Crippen molar-refractivity contribution < 1.29 is 5.11 Å². The molecule has 0 amide bonds. The van der Waals surface area contributed by atoms with Gasteiger partial charge in [-0.3, -0.25) is 0 Å². The second kappa shape index (κ2) is 4.19. The maximum Gasteiger partial charge on any atom is 0.0474 e. The van der Waals surface area contributed by atoms with Crippen molar-refractivity contribution in [2.45, 2.75) is 51.6 Å². The highest BCUT2D eigenvalue weighted by Gasteiger charge is 2.39. The van der Waals surface area contributed by atoms with Crippen molar-refractivity contribution >= 4 is 0 Å². The summed E-state index contributed by atoms with van der Waals surface area (Å²) in [6.07, 6.45) is 5.26. The summed E-state index contributed by atoms with van der Waals surface area (Å²) < 4.78 is 0. The lowest BCUT2D eigenvalue weighted by Gasteiger charge is -2.33. The Morgan fingerprint density at radius 2 is 1.93 bits per heavy atom. The van der Waals surface area contributed by atoms with E-state index in [1.165, 1.54) is 25.7 Å². The summed E-state index contributed by atoms with van der Waals surface area (Å²) in [6.45, 7) is 5.10. The first-order valence-corrected chi connectivity index (χ1v) is 6.07. The number of nitrogens with one attached hydrogen (secondary N) is 1. The molecular formula is C12H23NO. The fourth-order valence-corrected chi connectivity index (χ4v) is 2.84. The summed E-state index contributed by atoms with van der Waals surface area (Å²) in [6, 6.07) is 1.34. The summed E-state index contributed by atoms with van der Waals surface area (Å²) in [4.78, 5) is 0. The monoisotopic (exact) mass is 197 g/mol. The first-order valence-electron chi connectivity index (χ1n) is 6.07. The summed E-state index contributed by atoms with van der Waals surface area (Å²) in [7, 11) is 0. The molecule has 5 atom stereocenters. The highest BCUT2D eigenvalue weighted by Crippen LogP contribution is 2.34. The van der Waals surface area contributed by atoms with Crippen LogP contribution in [0.25, 0.3) is 0 Å². The van der Waals surface area contributed by atoms with Crippen molar-refractivity contribution in [3.8, 4) is 0 Å². The summed E-state index contributed by atoms with van der Waals surface area (Å²) in [5, 5.41) is 12.7. The van der Waals surface area contributed by atoms with E-state index >= 15 is 0 Å². The van der Waals surface area contributed by atoms with Crippen LogP contribution in [0.3, 0.4) is 0 Å². The number of aliphatic hydroxyl groups is 1. The molecular weight excluding hydrogens is 174 g/mol. The topological polar surface area (TPSA) is 32.3 Å². The van der Waals surface area contributed by atoms with Crippen LogP contribution in [0.5, 0.6) is 0 Å². The molecule has 2 aliphatic carbocycles. The van der Waals surface area contributed by atoms with Crippen LogP contribution in [0.2, 0.25) is 0 Å². The fourth-order valence-electron chi connectivity index (χ4n) is 2.84. The second-order valence-corrected chi connectivity index (χ2v) is 5.45. The van der Waals surface area contributed by atoms with Gasteiger partial charge in [-0.2, -0.15) is 0 Å². The predicted molar refractivity (Wildman–Crippen MR) is 58.1 cm³/mol.